The molecule has 0 unspecified atom stereocenters. The van der Waals surface area contributed by atoms with Gasteiger partial charge in [0.05, 0.1) is 11.5 Å². The first kappa shape index (κ1) is 15.0. The van der Waals surface area contributed by atoms with Crippen molar-refractivity contribution in [1.29, 1.82) is 0 Å². The number of hydrogen-bond donors (Lipinski definition) is 0. The van der Waals surface area contributed by atoms with Crippen molar-refractivity contribution in [2.75, 3.05) is 26.7 Å². The van der Waals surface area contributed by atoms with Gasteiger partial charge in [0.15, 0.2) is 0 Å². The van der Waals surface area contributed by atoms with Gasteiger partial charge in [-0.2, -0.15) is 9.37 Å². The van der Waals surface area contributed by atoms with Gasteiger partial charge in [0.25, 0.3) is 0 Å². The van der Waals surface area contributed by atoms with Crippen LogP contribution in [0, 0.1) is 18.8 Å². The van der Waals surface area contributed by atoms with E-state index in [-0.39, 0.29) is 11.8 Å². The van der Waals surface area contributed by atoms with Crippen LogP contribution in [0.3, 0.4) is 0 Å². The standard InChI is InChI=1S/C15H22N2O3S/c1-11-4-6-14(7-5-11)21(18,19)17-8-12(2)15-13(9-17)10-20-16(15)3/h4-7,12-13,15H,8-10H2,1-3H3/t12-,13-,15-/m0/s1. The molecule has 1 aromatic rings. The highest BCUT2D eigenvalue weighted by atomic mass is 32.2. The van der Waals surface area contributed by atoms with Gasteiger partial charge in [0.2, 0.25) is 10.0 Å². The van der Waals surface area contributed by atoms with E-state index in [0.29, 0.717) is 30.6 Å². The zero-order valence-electron chi connectivity index (χ0n) is 12.7. The first-order valence-electron chi connectivity index (χ1n) is 7.32. The van der Waals surface area contributed by atoms with Gasteiger partial charge in [-0.1, -0.05) is 24.6 Å². The summed E-state index contributed by atoms with van der Waals surface area (Å²) in [6.07, 6.45) is 0. The Morgan fingerprint density at radius 3 is 2.52 bits per heavy atom. The molecule has 0 aliphatic carbocycles. The SMILES string of the molecule is Cc1ccc(S(=O)(=O)N2C[C@H]3CON(C)[C@H]3[C@@H](C)C2)cc1. The Labute approximate surface area is 126 Å². The Morgan fingerprint density at radius 2 is 1.86 bits per heavy atom. The van der Waals surface area contributed by atoms with Crippen LogP contribution in [0.25, 0.3) is 0 Å². The van der Waals surface area contributed by atoms with Gasteiger partial charge in [-0.3, -0.25) is 4.84 Å². The summed E-state index contributed by atoms with van der Waals surface area (Å²) in [4.78, 5) is 5.95. The van der Waals surface area contributed by atoms with Crippen LogP contribution in [0.4, 0.5) is 0 Å². The number of benzene rings is 1. The molecule has 1 aromatic carbocycles. The summed E-state index contributed by atoms with van der Waals surface area (Å²) in [5.41, 5.74) is 1.06. The minimum Gasteiger partial charge on any atom is -0.299 e. The van der Waals surface area contributed by atoms with Crippen molar-refractivity contribution in [1.82, 2.24) is 9.37 Å². The Hall–Kier alpha value is -0.950. The number of nitrogens with zero attached hydrogens (tertiary/aromatic N) is 2. The fraction of sp³-hybridized carbons (Fsp3) is 0.600. The second-order valence-corrected chi connectivity index (χ2v) is 8.14. The number of sulfonamides is 1. The van der Waals surface area contributed by atoms with E-state index < -0.39 is 10.0 Å². The van der Waals surface area contributed by atoms with E-state index in [1.54, 1.807) is 16.4 Å². The number of rotatable bonds is 2. The molecule has 2 fully saturated rings. The largest absolute Gasteiger partial charge is 0.299 e. The van der Waals surface area contributed by atoms with Gasteiger partial charge in [-0.25, -0.2) is 8.42 Å². The Morgan fingerprint density at radius 1 is 1.19 bits per heavy atom. The van der Waals surface area contributed by atoms with E-state index >= 15 is 0 Å². The first-order valence-corrected chi connectivity index (χ1v) is 8.76. The molecule has 2 aliphatic rings. The van der Waals surface area contributed by atoms with E-state index in [9.17, 15) is 8.42 Å². The summed E-state index contributed by atoms with van der Waals surface area (Å²) in [6.45, 7) is 5.74. The molecule has 2 heterocycles. The molecule has 0 aromatic heterocycles. The van der Waals surface area contributed by atoms with Crippen LogP contribution in [-0.4, -0.2) is 50.6 Å². The molecule has 3 rings (SSSR count). The van der Waals surface area contributed by atoms with Gasteiger partial charge in [-0.15, -0.1) is 0 Å². The van der Waals surface area contributed by atoms with E-state index in [1.165, 1.54) is 0 Å². The monoisotopic (exact) mass is 310 g/mol. The Balaban J connectivity index is 1.85. The molecular formula is C15H22N2O3S. The second kappa shape index (κ2) is 5.35. The Bertz CT molecular complexity index is 614. The van der Waals surface area contributed by atoms with Gasteiger partial charge in [0, 0.05) is 32.1 Å². The fourth-order valence-corrected chi connectivity index (χ4v) is 5.10. The van der Waals surface area contributed by atoms with E-state index in [2.05, 4.69) is 6.92 Å². The third kappa shape index (κ3) is 2.61. The number of aryl methyl sites for hydroxylation is 1. The fourth-order valence-electron chi connectivity index (χ4n) is 3.50. The molecule has 0 amide bonds. The molecule has 0 spiro atoms. The van der Waals surface area contributed by atoms with Crippen molar-refractivity contribution >= 4 is 10.0 Å². The van der Waals surface area contributed by atoms with E-state index in [1.807, 2.05) is 31.2 Å². The summed E-state index contributed by atoms with van der Waals surface area (Å²) in [5.74, 6) is 0.510. The summed E-state index contributed by atoms with van der Waals surface area (Å²) < 4.78 is 27.2. The first-order chi connectivity index (χ1) is 9.89. The minimum absolute atomic E-state index is 0.249. The van der Waals surface area contributed by atoms with Crippen molar-refractivity contribution in [3.63, 3.8) is 0 Å². The van der Waals surface area contributed by atoms with Crippen molar-refractivity contribution in [3.8, 4) is 0 Å². The van der Waals surface area contributed by atoms with Crippen molar-refractivity contribution in [2.24, 2.45) is 11.8 Å². The highest BCUT2D eigenvalue weighted by molar-refractivity contribution is 7.89. The summed E-state index contributed by atoms with van der Waals surface area (Å²) >= 11 is 0. The molecule has 5 nitrogen and oxygen atoms in total. The molecule has 2 aliphatic heterocycles. The molecule has 6 heteroatoms. The van der Waals surface area contributed by atoms with E-state index in [4.69, 9.17) is 4.84 Å². The van der Waals surface area contributed by atoms with Crippen LogP contribution in [0.15, 0.2) is 29.2 Å². The highest BCUT2D eigenvalue weighted by Gasteiger charge is 2.45. The van der Waals surface area contributed by atoms with Crippen LogP contribution in [0.2, 0.25) is 0 Å². The lowest BCUT2D eigenvalue weighted by Crippen LogP contribution is -2.52. The molecule has 21 heavy (non-hydrogen) atoms. The van der Waals surface area contributed by atoms with E-state index in [0.717, 1.165) is 5.56 Å². The molecule has 0 bridgehead atoms. The summed E-state index contributed by atoms with van der Waals surface area (Å²) in [7, 11) is -1.47. The molecule has 0 N–H and O–H groups in total. The lowest BCUT2D eigenvalue weighted by atomic mass is 9.87. The third-order valence-electron chi connectivity index (χ3n) is 4.57. The van der Waals surface area contributed by atoms with Crippen molar-refractivity contribution in [3.05, 3.63) is 29.8 Å². The van der Waals surface area contributed by atoms with Gasteiger partial charge < -0.3 is 0 Å². The maximum Gasteiger partial charge on any atom is 0.243 e. The number of hydroxylamine groups is 2. The van der Waals surface area contributed by atoms with Crippen LogP contribution in [0.5, 0.6) is 0 Å². The van der Waals surface area contributed by atoms with Gasteiger partial charge >= 0.3 is 0 Å². The van der Waals surface area contributed by atoms with Crippen LogP contribution in [-0.2, 0) is 14.9 Å². The van der Waals surface area contributed by atoms with Gasteiger partial charge in [-0.05, 0) is 25.0 Å². The maximum atomic E-state index is 12.8. The molecule has 0 radical (unpaired) electrons. The smallest absolute Gasteiger partial charge is 0.243 e. The normalized spacial score (nSPS) is 31.3. The van der Waals surface area contributed by atoms with Crippen molar-refractivity contribution < 1.29 is 13.3 Å². The number of fused-ring (bicyclic) bond motifs is 1. The predicted molar refractivity (Wildman–Crippen MR) is 80.1 cm³/mol. The third-order valence-corrected chi connectivity index (χ3v) is 6.41. The lowest BCUT2D eigenvalue weighted by Gasteiger charge is -2.39. The molecular weight excluding hydrogens is 288 g/mol. The molecule has 3 atom stereocenters. The van der Waals surface area contributed by atoms with Gasteiger partial charge in [0.1, 0.15) is 0 Å². The number of hydrogen-bond acceptors (Lipinski definition) is 4. The summed E-state index contributed by atoms with van der Waals surface area (Å²) in [6, 6.07) is 7.39. The molecule has 0 saturated carbocycles. The highest BCUT2D eigenvalue weighted by Crippen LogP contribution is 2.34. The molecule has 2 saturated heterocycles. The van der Waals surface area contributed by atoms with Crippen LogP contribution >= 0.6 is 0 Å². The predicted octanol–water partition coefficient (Wildman–Crippen LogP) is 1.50. The zero-order valence-corrected chi connectivity index (χ0v) is 13.5. The average molecular weight is 310 g/mol. The average Bonchev–Trinajstić information content (AvgIpc) is 2.81. The zero-order chi connectivity index (χ0) is 15.2. The van der Waals surface area contributed by atoms with Crippen LogP contribution in [0.1, 0.15) is 12.5 Å². The van der Waals surface area contributed by atoms with Crippen molar-refractivity contribution in [2.45, 2.75) is 24.8 Å². The Kier molecular flexibility index (Phi) is 3.81. The topological polar surface area (TPSA) is 49.9 Å². The minimum atomic E-state index is -3.41. The quantitative estimate of drug-likeness (QED) is 0.830. The second-order valence-electron chi connectivity index (χ2n) is 6.20. The summed E-state index contributed by atoms with van der Waals surface area (Å²) in [5, 5.41) is 1.89. The number of piperidine rings is 1. The molecule has 116 valence electrons. The van der Waals surface area contributed by atoms with Crippen LogP contribution < -0.4 is 0 Å². The lowest BCUT2D eigenvalue weighted by molar-refractivity contribution is -0.119. The maximum absolute atomic E-state index is 12.8.